The van der Waals surface area contributed by atoms with Gasteiger partial charge in [0.05, 0.1) is 0 Å². The molecule has 0 aliphatic carbocycles. The van der Waals surface area contributed by atoms with Crippen molar-refractivity contribution in [2.24, 2.45) is 0 Å². The molecule has 1 N–H and O–H groups in total. The molecular weight excluding hydrogens is 454 g/mol. The number of hydrogen-bond acceptors (Lipinski definition) is 4. The predicted molar refractivity (Wildman–Crippen MR) is 78.5 cm³/mol. The number of rotatable bonds is 2. The first kappa shape index (κ1) is 14.2. The van der Waals surface area contributed by atoms with Gasteiger partial charge < -0.3 is 0 Å². The smallest absolute Gasteiger partial charge is 0.249 e. The summed E-state index contributed by atoms with van der Waals surface area (Å²) in [5.74, 6) is 0.325. The summed E-state index contributed by atoms with van der Waals surface area (Å²) in [5.41, 5.74) is 0.736. The number of alkyl halides is 3. The molecule has 5 nitrogen and oxygen atoms in total. The number of aromatic nitrogens is 3. The molecule has 0 aliphatic heterocycles. The van der Waals surface area contributed by atoms with Crippen LogP contribution in [0.15, 0.2) is 35.5 Å². The van der Waals surface area contributed by atoms with Gasteiger partial charge in [0.25, 0.3) is 0 Å². The van der Waals surface area contributed by atoms with Crippen LogP contribution in [0.4, 0.5) is 0 Å². The number of H-pyrrole nitrogens is 1. The van der Waals surface area contributed by atoms with Crippen molar-refractivity contribution in [3.05, 3.63) is 30.3 Å². The number of nitrogens with one attached hydrogen (secondary N) is 1. The summed E-state index contributed by atoms with van der Waals surface area (Å²) in [6.07, 6.45) is 0. The van der Waals surface area contributed by atoms with Crippen molar-refractivity contribution in [3.63, 3.8) is 0 Å². The third-order valence-corrected chi connectivity index (χ3v) is 7.19. The van der Waals surface area contributed by atoms with Crippen molar-refractivity contribution in [2.45, 2.75) is 6.63 Å². The number of sulfone groups is 1. The van der Waals surface area contributed by atoms with E-state index in [0.29, 0.717) is 5.82 Å². The second-order valence-corrected chi connectivity index (χ2v) is 13.6. The Bertz CT molecular complexity index is 649. The van der Waals surface area contributed by atoms with Gasteiger partial charge in [0.15, 0.2) is 5.82 Å². The summed E-state index contributed by atoms with van der Waals surface area (Å²) >= 11 is 8.88. The van der Waals surface area contributed by atoms with Gasteiger partial charge in [-0.25, -0.2) is 13.5 Å². The van der Waals surface area contributed by atoms with Crippen molar-refractivity contribution in [2.75, 3.05) is 0 Å². The number of nitrogens with zero attached hydrogens (tertiary/aromatic N) is 2. The molecule has 0 saturated carbocycles. The first-order chi connectivity index (χ1) is 8.32. The second kappa shape index (κ2) is 5.03. The van der Waals surface area contributed by atoms with Crippen LogP contribution in [-0.4, -0.2) is 25.1 Å². The standard InChI is InChI=1S/C9H6Br3N3O2S/c10-9(11,12)18(16,17)8-13-7(14-15-8)6-4-2-1-3-5-6/h1-5H,(H,13,14,15). The molecule has 2 rings (SSSR count). The Labute approximate surface area is 129 Å². The van der Waals surface area contributed by atoms with E-state index in [1.807, 2.05) is 18.2 Å². The van der Waals surface area contributed by atoms with Crippen molar-refractivity contribution < 1.29 is 8.42 Å². The molecule has 1 heterocycles. The van der Waals surface area contributed by atoms with Crippen molar-refractivity contribution >= 4 is 57.6 Å². The molecule has 0 bridgehead atoms. The van der Waals surface area contributed by atoms with Gasteiger partial charge in [0.2, 0.25) is 16.5 Å². The molecule has 1 aromatic carbocycles. The molecule has 2 aromatic rings. The Morgan fingerprint density at radius 1 is 1.11 bits per heavy atom. The largest absolute Gasteiger partial charge is 0.249 e. The maximum Gasteiger partial charge on any atom is 0.249 e. The highest BCUT2D eigenvalue weighted by Crippen LogP contribution is 2.42. The lowest BCUT2D eigenvalue weighted by Gasteiger charge is -2.09. The average molecular weight is 460 g/mol. The quantitative estimate of drug-likeness (QED) is 0.700. The zero-order chi connectivity index (χ0) is 13.4. The summed E-state index contributed by atoms with van der Waals surface area (Å²) < 4.78 is 22.6. The van der Waals surface area contributed by atoms with E-state index in [1.165, 1.54) is 0 Å². The Balaban J connectivity index is 2.45. The van der Waals surface area contributed by atoms with E-state index in [-0.39, 0.29) is 5.16 Å². The Hall–Kier alpha value is -0.250. The van der Waals surface area contributed by atoms with Gasteiger partial charge in [-0.15, -0.1) is 0 Å². The predicted octanol–water partition coefficient (Wildman–Crippen LogP) is 3.04. The summed E-state index contributed by atoms with van der Waals surface area (Å²) in [6, 6.07) is 9.09. The molecular formula is C9H6Br3N3O2S. The Morgan fingerprint density at radius 3 is 2.28 bits per heavy atom. The molecule has 0 unspecified atom stereocenters. The van der Waals surface area contributed by atoms with Crippen molar-refractivity contribution in [1.82, 2.24) is 15.2 Å². The third-order valence-electron chi connectivity index (χ3n) is 2.06. The number of hydrogen-bond donors (Lipinski definition) is 1. The van der Waals surface area contributed by atoms with Gasteiger partial charge in [-0.2, -0.15) is 10.1 Å². The van der Waals surface area contributed by atoms with Crippen LogP contribution in [0.1, 0.15) is 0 Å². The lowest BCUT2D eigenvalue weighted by atomic mass is 10.2. The van der Waals surface area contributed by atoms with Crippen LogP contribution >= 0.6 is 47.8 Å². The molecule has 96 valence electrons. The molecule has 1 aromatic heterocycles. The summed E-state index contributed by atoms with van der Waals surface area (Å²) in [7, 11) is -3.74. The van der Waals surface area contributed by atoms with Crippen LogP contribution in [0.25, 0.3) is 11.4 Å². The number of aromatic amines is 1. The normalized spacial score (nSPS) is 12.6. The zero-order valence-electron chi connectivity index (χ0n) is 8.64. The molecule has 0 saturated heterocycles. The lowest BCUT2D eigenvalue weighted by molar-refractivity contribution is 0.590. The van der Waals surface area contributed by atoms with Gasteiger partial charge in [0, 0.05) is 5.56 Å². The number of benzene rings is 1. The maximum absolute atomic E-state index is 12.0. The minimum absolute atomic E-state index is 0.230. The van der Waals surface area contributed by atoms with Crippen LogP contribution in [0.3, 0.4) is 0 Å². The summed E-state index contributed by atoms with van der Waals surface area (Å²) in [5, 5.41) is 6.07. The molecule has 9 heteroatoms. The van der Waals surface area contributed by atoms with Crippen molar-refractivity contribution in [3.8, 4) is 11.4 Å². The van der Waals surface area contributed by atoms with Crippen LogP contribution in [0.5, 0.6) is 0 Å². The fourth-order valence-electron chi connectivity index (χ4n) is 1.19. The minimum atomic E-state index is -3.74. The maximum atomic E-state index is 12.0. The monoisotopic (exact) mass is 457 g/mol. The highest BCUT2D eigenvalue weighted by atomic mass is 80.0. The Morgan fingerprint density at radius 2 is 1.72 bits per heavy atom. The van der Waals surface area contributed by atoms with Crippen LogP contribution in [0, 0.1) is 0 Å². The summed E-state index contributed by atoms with van der Waals surface area (Å²) in [4.78, 5) is 3.97. The minimum Gasteiger partial charge on any atom is -0.249 e. The first-order valence-electron chi connectivity index (χ1n) is 4.61. The third kappa shape index (κ3) is 2.68. The molecule has 0 aliphatic rings. The van der Waals surface area contributed by atoms with Crippen molar-refractivity contribution in [1.29, 1.82) is 0 Å². The van der Waals surface area contributed by atoms with E-state index >= 15 is 0 Å². The van der Waals surface area contributed by atoms with Crippen LogP contribution < -0.4 is 0 Å². The van der Waals surface area contributed by atoms with Gasteiger partial charge in [-0.05, 0) is 47.8 Å². The molecule has 0 fully saturated rings. The van der Waals surface area contributed by atoms with E-state index in [9.17, 15) is 8.42 Å². The van der Waals surface area contributed by atoms with E-state index in [2.05, 4.69) is 63.0 Å². The topological polar surface area (TPSA) is 75.7 Å². The lowest BCUT2D eigenvalue weighted by Crippen LogP contribution is -2.19. The SMILES string of the molecule is O=S(=O)(c1nc(-c2ccccc2)n[nH]1)C(Br)(Br)Br. The highest BCUT2D eigenvalue weighted by molar-refractivity contribution is 9.42. The molecule has 0 atom stereocenters. The van der Waals surface area contributed by atoms with Gasteiger partial charge >= 0.3 is 0 Å². The van der Waals surface area contributed by atoms with Gasteiger partial charge in [-0.1, -0.05) is 30.3 Å². The Kier molecular flexibility index (Phi) is 3.96. The molecule has 0 amide bonds. The molecule has 0 radical (unpaired) electrons. The first-order valence-corrected chi connectivity index (χ1v) is 8.48. The van der Waals surface area contributed by atoms with E-state index in [0.717, 1.165) is 5.56 Å². The average Bonchev–Trinajstić information content (AvgIpc) is 2.78. The fourth-order valence-corrected chi connectivity index (χ4v) is 3.16. The van der Waals surface area contributed by atoms with Gasteiger partial charge in [-0.3, -0.25) is 0 Å². The van der Waals surface area contributed by atoms with Crippen LogP contribution in [0.2, 0.25) is 0 Å². The van der Waals surface area contributed by atoms with E-state index in [4.69, 9.17) is 0 Å². The fraction of sp³-hybridized carbons (Fsp3) is 0.111. The highest BCUT2D eigenvalue weighted by Gasteiger charge is 2.40. The van der Waals surface area contributed by atoms with Gasteiger partial charge in [0.1, 0.15) is 0 Å². The zero-order valence-corrected chi connectivity index (χ0v) is 14.2. The molecule has 18 heavy (non-hydrogen) atoms. The molecule has 0 spiro atoms. The van der Waals surface area contributed by atoms with Crippen LogP contribution in [-0.2, 0) is 9.84 Å². The number of halogens is 3. The summed E-state index contributed by atoms with van der Waals surface area (Å²) in [6.45, 7) is 0. The second-order valence-electron chi connectivity index (χ2n) is 3.28. The van der Waals surface area contributed by atoms with E-state index in [1.54, 1.807) is 12.1 Å². The van der Waals surface area contributed by atoms with E-state index < -0.39 is 11.3 Å².